The van der Waals surface area contributed by atoms with Crippen molar-refractivity contribution in [3.8, 4) is 17.2 Å². The number of hydrogen-bond donors (Lipinski definition) is 0. The van der Waals surface area contributed by atoms with Crippen LogP contribution in [0.3, 0.4) is 0 Å². The van der Waals surface area contributed by atoms with Gasteiger partial charge in [-0.2, -0.15) is 0 Å². The summed E-state index contributed by atoms with van der Waals surface area (Å²) in [6.45, 7) is 3.52. The molecule has 4 aromatic rings. The molecule has 0 amide bonds. The number of benzene rings is 3. The highest BCUT2D eigenvalue weighted by atomic mass is 35.5. The average molecular weight is 623 g/mol. The van der Waals surface area contributed by atoms with Crippen LogP contribution in [0.1, 0.15) is 36.6 Å². The lowest BCUT2D eigenvalue weighted by Gasteiger charge is -2.24. The highest BCUT2D eigenvalue weighted by Gasteiger charge is 2.33. The van der Waals surface area contributed by atoms with Crippen LogP contribution >= 0.6 is 22.9 Å². The molecule has 1 aliphatic rings. The molecule has 0 spiro atoms. The first-order valence-corrected chi connectivity index (χ1v) is 14.5. The monoisotopic (exact) mass is 622 g/mol. The minimum Gasteiger partial charge on any atom is -0.497 e. The van der Waals surface area contributed by atoms with Crippen LogP contribution in [0.5, 0.6) is 17.2 Å². The van der Waals surface area contributed by atoms with E-state index in [1.807, 2.05) is 12.1 Å². The van der Waals surface area contributed by atoms with Crippen molar-refractivity contribution in [2.45, 2.75) is 26.5 Å². The third kappa shape index (κ3) is 6.07. The van der Waals surface area contributed by atoms with Crippen molar-refractivity contribution < 1.29 is 28.1 Å². The summed E-state index contributed by atoms with van der Waals surface area (Å²) in [4.78, 5) is 32.1. The molecule has 1 aromatic heterocycles. The van der Waals surface area contributed by atoms with Crippen LogP contribution in [0.25, 0.3) is 6.08 Å². The van der Waals surface area contributed by atoms with E-state index in [4.69, 9.17) is 30.5 Å². The van der Waals surface area contributed by atoms with Gasteiger partial charge in [-0.15, -0.1) is 0 Å². The number of hydrogen-bond acceptors (Lipinski definition) is 8. The minimum atomic E-state index is -0.747. The Balaban J connectivity index is 1.58. The molecular formula is C32H28ClFN2O6S. The maximum Gasteiger partial charge on any atom is 0.338 e. The molecule has 8 nitrogen and oxygen atoms in total. The number of aromatic nitrogens is 1. The molecule has 222 valence electrons. The first-order valence-electron chi connectivity index (χ1n) is 13.3. The molecule has 0 fully saturated rings. The van der Waals surface area contributed by atoms with E-state index in [9.17, 15) is 14.0 Å². The van der Waals surface area contributed by atoms with Crippen molar-refractivity contribution >= 4 is 35.0 Å². The second kappa shape index (κ2) is 12.8. The maximum absolute atomic E-state index is 14.3. The summed E-state index contributed by atoms with van der Waals surface area (Å²) in [6, 6.07) is 16.0. The highest BCUT2D eigenvalue weighted by Crippen LogP contribution is 2.32. The Bertz CT molecular complexity index is 1880. The predicted molar refractivity (Wildman–Crippen MR) is 162 cm³/mol. The van der Waals surface area contributed by atoms with Crippen LogP contribution in [0.2, 0.25) is 5.02 Å². The molecule has 5 rings (SSSR count). The third-order valence-corrected chi connectivity index (χ3v) is 8.20. The zero-order valence-corrected chi connectivity index (χ0v) is 25.4. The number of methoxy groups -OCH3 is 2. The number of carbonyl (C=O) groups excluding carboxylic acids is 1. The van der Waals surface area contributed by atoms with Gasteiger partial charge in [-0.25, -0.2) is 14.2 Å². The molecule has 1 atom stereocenters. The fourth-order valence-electron chi connectivity index (χ4n) is 4.76. The van der Waals surface area contributed by atoms with Crippen LogP contribution in [-0.2, 0) is 16.1 Å². The van der Waals surface area contributed by atoms with E-state index < -0.39 is 17.8 Å². The van der Waals surface area contributed by atoms with Crippen molar-refractivity contribution in [3.05, 3.63) is 119 Å². The second-order valence-electron chi connectivity index (χ2n) is 9.47. The predicted octanol–water partition coefficient (Wildman–Crippen LogP) is 5.19. The van der Waals surface area contributed by atoms with Crippen molar-refractivity contribution in [3.63, 3.8) is 0 Å². The lowest BCUT2D eigenvalue weighted by atomic mass is 9.96. The maximum atomic E-state index is 14.3. The summed E-state index contributed by atoms with van der Waals surface area (Å²) < 4.78 is 38.2. The van der Waals surface area contributed by atoms with E-state index in [1.165, 1.54) is 35.1 Å². The molecule has 0 N–H and O–H groups in total. The van der Waals surface area contributed by atoms with Gasteiger partial charge in [0.1, 0.15) is 18.2 Å². The average Bonchev–Trinajstić information content (AvgIpc) is 3.30. The zero-order chi connectivity index (χ0) is 30.7. The number of carbonyl (C=O) groups is 1. The van der Waals surface area contributed by atoms with E-state index >= 15 is 0 Å². The summed E-state index contributed by atoms with van der Waals surface area (Å²) in [5.41, 5.74) is 2.00. The number of rotatable bonds is 9. The van der Waals surface area contributed by atoms with Crippen LogP contribution in [0, 0.1) is 5.82 Å². The Labute approximate surface area is 255 Å². The van der Waals surface area contributed by atoms with Gasteiger partial charge >= 0.3 is 5.97 Å². The molecule has 0 radical (unpaired) electrons. The fourth-order valence-corrected chi connectivity index (χ4v) is 6.02. The SMILES string of the molecule is CCOC(=O)C1=C(C)N=c2s/c(=C/c3ccc(OC)c(OCc4c(F)cccc4Cl)c3)c(=O)n2[C@@H]1c1ccc(OC)cc1. The third-order valence-electron chi connectivity index (χ3n) is 6.87. The van der Waals surface area contributed by atoms with Gasteiger partial charge in [0, 0.05) is 5.56 Å². The van der Waals surface area contributed by atoms with Crippen molar-refractivity contribution in [2.24, 2.45) is 4.99 Å². The first-order chi connectivity index (χ1) is 20.7. The van der Waals surface area contributed by atoms with E-state index in [2.05, 4.69) is 4.99 Å². The number of esters is 1. The van der Waals surface area contributed by atoms with Crippen LogP contribution in [0.15, 0.2) is 81.7 Å². The summed E-state index contributed by atoms with van der Waals surface area (Å²) in [5, 5.41) is 0.250. The molecule has 2 heterocycles. The van der Waals surface area contributed by atoms with Gasteiger partial charge in [-0.1, -0.05) is 47.2 Å². The lowest BCUT2D eigenvalue weighted by molar-refractivity contribution is -0.139. The van der Waals surface area contributed by atoms with E-state index in [0.717, 1.165) is 0 Å². The van der Waals surface area contributed by atoms with Gasteiger partial charge in [0.15, 0.2) is 16.3 Å². The second-order valence-corrected chi connectivity index (χ2v) is 10.9. The van der Waals surface area contributed by atoms with Crippen molar-refractivity contribution in [1.82, 2.24) is 4.57 Å². The van der Waals surface area contributed by atoms with Gasteiger partial charge in [-0.3, -0.25) is 9.36 Å². The minimum absolute atomic E-state index is 0.120. The van der Waals surface area contributed by atoms with Gasteiger partial charge in [0.2, 0.25) is 0 Å². The van der Waals surface area contributed by atoms with E-state index in [-0.39, 0.29) is 34.9 Å². The Morgan fingerprint density at radius 1 is 1.09 bits per heavy atom. The highest BCUT2D eigenvalue weighted by molar-refractivity contribution is 7.07. The van der Waals surface area contributed by atoms with Gasteiger partial charge < -0.3 is 18.9 Å². The number of fused-ring (bicyclic) bond motifs is 1. The number of nitrogens with zero attached hydrogens (tertiary/aromatic N) is 2. The van der Waals surface area contributed by atoms with Gasteiger partial charge in [-0.05, 0) is 67.4 Å². The first kappa shape index (κ1) is 30.1. The molecule has 0 aliphatic carbocycles. The lowest BCUT2D eigenvalue weighted by Crippen LogP contribution is -2.39. The van der Waals surface area contributed by atoms with E-state index in [0.29, 0.717) is 43.4 Å². The number of thiazole rings is 1. The summed E-state index contributed by atoms with van der Waals surface area (Å²) in [5.74, 6) is 0.405. The number of allylic oxidation sites excluding steroid dienone is 1. The molecule has 0 unspecified atom stereocenters. The smallest absolute Gasteiger partial charge is 0.338 e. The zero-order valence-electron chi connectivity index (χ0n) is 23.9. The van der Waals surface area contributed by atoms with E-state index in [1.54, 1.807) is 63.4 Å². The molecule has 0 saturated carbocycles. The van der Waals surface area contributed by atoms with Crippen LogP contribution in [0.4, 0.5) is 4.39 Å². The quantitative estimate of drug-likeness (QED) is 0.239. The van der Waals surface area contributed by atoms with Crippen LogP contribution < -0.4 is 29.1 Å². The topological polar surface area (TPSA) is 88.4 Å². The molecular weight excluding hydrogens is 595 g/mol. The summed E-state index contributed by atoms with van der Waals surface area (Å²) in [7, 11) is 3.07. The van der Waals surface area contributed by atoms with Gasteiger partial charge in [0.25, 0.3) is 5.56 Å². The molecule has 3 aromatic carbocycles. The van der Waals surface area contributed by atoms with Crippen molar-refractivity contribution in [1.29, 1.82) is 0 Å². The summed E-state index contributed by atoms with van der Waals surface area (Å²) in [6.07, 6.45) is 1.71. The Morgan fingerprint density at radius 3 is 2.53 bits per heavy atom. The number of ether oxygens (including phenoxy) is 4. The molecule has 43 heavy (non-hydrogen) atoms. The van der Waals surface area contributed by atoms with Gasteiger partial charge in [0.05, 0.1) is 47.7 Å². The molecule has 1 aliphatic heterocycles. The van der Waals surface area contributed by atoms with Crippen LogP contribution in [-0.4, -0.2) is 31.4 Å². The fraction of sp³-hybridized carbons (Fsp3) is 0.219. The Kier molecular flexibility index (Phi) is 8.98. The molecule has 0 saturated heterocycles. The normalized spacial score (nSPS) is 14.7. The summed E-state index contributed by atoms with van der Waals surface area (Å²) >= 11 is 7.37. The largest absolute Gasteiger partial charge is 0.497 e. The molecule has 11 heteroatoms. The standard InChI is InChI=1S/C32H28ClFN2O6S/c1-5-41-31(38)28-18(2)35-32-36(29(28)20-10-12-21(39-3)13-11-20)30(37)27(43-32)16-19-9-14-25(40-4)26(15-19)42-17-22-23(33)7-6-8-24(22)34/h6-16,29H,5,17H2,1-4H3/b27-16+/t29-/m1/s1. The van der Waals surface area contributed by atoms with Crippen molar-refractivity contribution in [2.75, 3.05) is 20.8 Å². The Morgan fingerprint density at radius 2 is 1.86 bits per heavy atom. The number of halogens is 2. The Hall–Kier alpha value is -4.41. The molecule has 0 bridgehead atoms.